The van der Waals surface area contributed by atoms with E-state index in [-0.39, 0.29) is 0 Å². The molecule has 0 saturated carbocycles. The van der Waals surface area contributed by atoms with Crippen LogP contribution in [-0.2, 0) is 6.61 Å². The standard InChI is InChI=1S/C23H17Br2N3O4/c1-31-20-11-17(25)10-15(21(20)32-13-14-6-8-16(24)9-7-14)12-26-28-22(29)18-4-2-3-5-19(18)27-23(28)30/h2-12H,13H2,1H3,(H,27,30). The zero-order chi connectivity index (χ0) is 22.7. The molecule has 0 aliphatic heterocycles. The van der Waals surface area contributed by atoms with Crippen molar-refractivity contribution in [2.45, 2.75) is 6.61 Å². The Labute approximate surface area is 199 Å². The lowest BCUT2D eigenvalue weighted by Crippen LogP contribution is -2.32. The summed E-state index contributed by atoms with van der Waals surface area (Å²) in [4.78, 5) is 27.8. The molecule has 9 heteroatoms. The van der Waals surface area contributed by atoms with Gasteiger partial charge >= 0.3 is 5.69 Å². The molecule has 0 radical (unpaired) electrons. The van der Waals surface area contributed by atoms with Gasteiger partial charge < -0.3 is 14.5 Å². The maximum absolute atomic E-state index is 12.7. The minimum atomic E-state index is -0.635. The van der Waals surface area contributed by atoms with Crippen molar-refractivity contribution in [3.63, 3.8) is 0 Å². The summed E-state index contributed by atoms with van der Waals surface area (Å²) < 4.78 is 14.0. The molecule has 0 atom stereocenters. The Balaban J connectivity index is 1.73. The van der Waals surface area contributed by atoms with E-state index in [1.165, 1.54) is 13.3 Å². The molecular formula is C23H17Br2N3O4. The highest BCUT2D eigenvalue weighted by Crippen LogP contribution is 2.34. The van der Waals surface area contributed by atoms with Crippen LogP contribution in [0.1, 0.15) is 11.1 Å². The van der Waals surface area contributed by atoms with Gasteiger partial charge in [-0.25, -0.2) is 4.79 Å². The van der Waals surface area contributed by atoms with Crippen molar-refractivity contribution in [1.29, 1.82) is 0 Å². The van der Waals surface area contributed by atoms with Gasteiger partial charge in [-0.1, -0.05) is 56.1 Å². The summed E-state index contributed by atoms with van der Waals surface area (Å²) >= 11 is 6.85. The molecule has 1 heterocycles. The number of hydrogen-bond donors (Lipinski definition) is 1. The number of benzene rings is 3. The summed E-state index contributed by atoms with van der Waals surface area (Å²) in [7, 11) is 1.54. The molecule has 1 aromatic heterocycles. The van der Waals surface area contributed by atoms with Gasteiger partial charge in [0.2, 0.25) is 0 Å². The molecule has 0 saturated heterocycles. The molecule has 0 unspecified atom stereocenters. The van der Waals surface area contributed by atoms with Crippen LogP contribution in [0, 0.1) is 0 Å². The quantitative estimate of drug-likeness (QED) is 0.348. The first-order valence-corrected chi connectivity index (χ1v) is 11.1. The average Bonchev–Trinajstić information content (AvgIpc) is 2.79. The normalized spacial score (nSPS) is 11.2. The highest BCUT2D eigenvalue weighted by Gasteiger charge is 2.13. The predicted octanol–water partition coefficient (Wildman–Crippen LogP) is 4.68. The predicted molar refractivity (Wildman–Crippen MR) is 131 cm³/mol. The summed E-state index contributed by atoms with van der Waals surface area (Å²) in [6.45, 7) is 0.294. The van der Waals surface area contributed by atoms with Crippen molar-refractivity contribution in [2.75, 3.05) is 7.11 Å². The summed E-state index contributed by atoms with van der Waals surface area (Å²) in [5.41, 5.74) is 0.803. The number of H-pyrrole nitrogens is 1. The van der Waals surface area contributed by atoms with Crippen molar-refractivity contribution in [3.05, 3.63) is 102 Å². The fourth-order valence-electron chi connectivity index (χ4n) is 3.10. The van der Waals surface area contributed by atoms with E-state index in [2.05, 4.69) is 41.9 Å². The Morgan fingerprint density at radius 2 is 1.78 bits per heavy atom. The van der Waals surface area contributed by atoms with Crippen molar-refractivity contribution in [1.82, 2.24) is 9.66 Å². The van der Waals surface area contributed by atoms with Crippen molar-refractivity contribution in [3.8, 4) is 11.5 Å². The van der Waals surface area contributed by atoms with Gasteiger partial charge in [-0.15, -0.1) is 4.68 Å². The van der Waals surface area contributed by atoms with E-state index in [1.54, 1.807) is 36.4 Å². The van der Waals surface area contributed by atoms with E-state index >= 15 is 0 Å². The fraction of sp³-hybridized carbons (Fsp3) is 0.0870. The number of nitrogens with one attached hydrogen (secondary N) is 1. The number of rotatable bonds is 6. The summed E-state index contributed by atoms with van der Waals surface area (Å²) in [5, 5.41) is 4.51. The molecule has 0 aliphatic carbocycles. The number of aromatic amines is 1. The lowest BCUT2D eigenvalue weighted by Gasteiger charge is -2.14. The van der Waals surface area contributed by atoms with Gasteiger partial charge in [0.1, 0.15) is 6.61 Å². The van der Waals surface area contributed by atoms with Gasteiger partial charge in [0, 0.05) is 14.5 Å². The largest absolute Gasteiger partial charge is 0.493 e. The van der Waals surface area contributed by atoms with Crippen molar-refractivity contribution in [2.24, 2.45) is 5.10 Å². The SMILES string of the molecule is COc1cc(Br)cc(C=Nn2c(=O)[nH]c3ccccc3c2=O)c1OCc1ccc(Br)cc1. The lowest BCUT2D eigenvalue weighted by molar-refractivity contribution is 0.284. The van der Waals surface area contributed by atoms with E-state index in [0.29, 0.717) is 34.6 Å². The molecular weight excluding hydrogens is 542 g/mol. The number of fused-ring (bicyclic) bond motifs is 1. The number of halogens is 2. The third-order valence-electron chi connectivity index (χ3n) is 4.66. The van der Waals surface area contributed by atoms with Gasteiger partial charge in [-0.05, 0) is 42.0 Å². The first kappa shape index (κ1) is 22.0. The molecule has 0 amide bonds. The Kier molecular flexibility index (Phi) is 6.57. The van der Waals surface area contributed by atoms with Crippen LogP contribution in [0.15, 0.2) is 84.3 Å². The Morgan fingerprint density at radius 1 is 1.03 bits per heavy atom. The number of para-hydroxylation sites is 1. The van der Waals surface area contributed by atoms with E-state index < -0.39 is 11.2 Å². The highest BCUT2D eigenvalue weighted by atomic mass is 79.9. The second kappa shape index (κ2) is 9.54. The number of ether oxygens (including phenoxy) is 2. The number of hydrogen-bond acceptors (Lipinski definition) is 5. The molecule has 1 N–H and O–H groups in total. The van der Waals surface area contributed by atoms with Crippen LogP contribution >= 0.6 is 31.9 Å². The molecule has 3 aromatic carbocycles. The minimum absolute atomic E-state index is 0.294. The molecule has 32 heavy (non-hydrogen) atoms. The fourth-order valence-corrected chi connectivity index (χ4v) is 3.82. The number of methoxy groups -OCH3 is 1. The van der Waals surface area contributed by atoms with E-state index in [9.17, 15) is 9.59 Å². The Morgan fingerprint density at radius 3 is 2.53 bits per heavy atom. The highest BCUT2D eigenvalue weighted by molar-refractivity contribution is 9.10. The second-order valence-corrected chi connectivity index (χ2v) is 8.61. The number of aromatic nitrogens is 2. The minimum Gasteiger partial charge on any atom is -0.493 e. The van der Waals surface area contributed by atoms with Crippen LogP contribution in [0.25, 0.3) is 10.9 Å². The molecule has 4 aromatic rings. The monoisotopic (exact) mass is 557 g/mol. The average molecular weight is 559 g/mol. The molecule has 0 aliphatic rings. The maximum Gasteiger partial charge on any atom is 0.349 e. The Hall–Kier alpha value is -3.17. The number of nitrogens with zero attached hydrogens (tertiary/aromatic N) is 2. The van der Waals surface area contributed by atoms with Crippen molar-refractivity contribution >= 4 is 49.0 Å². The van der Waals surface area contributed by atoms with E-state index in [4.69, 9.17) is 9.47 Å². The molecule has 0 spiro atoms. The Bertz CT molecular complexity index is 1430. The smallest absolute Gasteiger partial charge is 0.349 e. The summed E-state index contributed by atoms with van der Waals surface area (Å²) in [5.74, 6) is 0.922. The van der Waals surface area contributed by atoms with Gasteiger partial charge in [0.25, 0.3) is 5.56 Å². The van der Waals surface area contributed by atoms with Crippen LogP contribution in [0.3, 0.4) is 0 Å². The topological polar surface area (TPSA) is 85.7 Å². The first-order valence-electron chi connectivity index (χ1n) is 9.49. The third-order valence-corrected chi connectivity index (χ3v) is 5.65. The van der Waals surface area contributed by atoms with Gasteiger partial charge in [-0.3, -0.25) is 4.79 Å². The van der Waals surface area contributed by atoms with Gasteiger partial charge in [0.15, 0.2) is 11.5 Å². The maximum atomic E-state index is 12.7. The zero-order valence-corrected chi connectivity index (χ0v) is 20.0. The van der Waals surface area contributed by atoms with Gasteiger partial charge in [-0.2, -0.15) is 5.10 Å². The molecule has 0 fully saturated rings. The summed E-state index contributed by atoms with van der Waals surface area (Å²) in [6.07, 6.45) is 1.40. The summed E-state index contributed by atoms with van der Waals surface area (Å²) in [6, 6.07) is 18.0. The van der Waals surface area contributed by atoms with Crippen molar-refractivity contribution < 1.29 is 9.47 Å². The van der Waals surface area contributed by atoms with E-state index in [0.717, 1.165) is 19.2 Å². The second-order valence-electron chi connectivity index (χ2n) is 6.78. The van der Waals surface area contributed by atoms with Crippen LogP contribution in [-0.4, -0.2) is 23.0 Å². The molecule has 4 rings (SSSR count). The molecule has 7 nitrogen and oxygen atoms in total. The third kappa shape index (κ3) is 4.68. The van der Waals surface area contributed by atoms with Gasteiger partial charge in [0.05, 0.1) is 24.2 Å². The zero-order valence-electron chi connectivity index (χ0n) is 16.8. The van der Waals surface area contributed by atoms with Crippen LogP contribution < -0.4 is 20.7 Å². The first-order chi connectivity index (χ1) is 15.5. The van der Waals surface area contributed by atoms with Crippen LogP contribution in [0.5, 0.6) is 11.5 Å². The molecule has 162 valence electrons. The molecule has 0 bridgehead atoms. The van der Waals surface area contributed by atoms with Crippen LogP contribution in [0.2, 0.25) is 0 Å². The lowest BCUT2D eigenvalue weighted by atomic mass is 10.2. The van der Waals surface area contributed by atoms with Crippen LogP contribution in [0.4, 0.5) is 0 Å². The van der Waals surface area contributed by atoms with E-state index in [1.807, 2.05) is 24.3 Å².